The molecule has 0 saturated carbocycles. The van der Waals surface area contributed by atoms with E-state index in [-0.39, 0.29) is 23.3 Å². The molecule has 0 fully saturated rings. The summed E-state index contributed by atoms with van der Waals surface area (Å²) in [4.78, 5) is 23.2. The van der Waals surface area contributed by atoms with Crippen molar-refractivity contribution in [1.82, 2.24) is 4.57 Å². The van der Waals surface area contributed by atoms with Crippen LogP contribution in [0.2, 0.25) is 0 Å². The number of carbonyl (C=O) groups is 1. The van der Waals surface area contributed by atoms with Crippen LogP contribution in [0.25, 0.3) is 0 Å². The number of nitrogens with zero attached hydrogens (tertiary/aromatic N) is 1. The van der Waals surface area contributed by atoms with Gasteiger partial charge >= 0.3 is 5.97 Å². The maximum absolute atomic E-state index is 12.3. The van der Waals surface area contributed by atoms with Crippen molar-refractivity contribution in [2.75, 3.05) is 13.7 Å². The minimum Gasteiger partial charge on any atom is -0.497 e. The van der Waals surface area contributed by atoms with Crippen LogP contribution in [0.1, 0.15) is 21.6 Å². The predicted octanol–water partition coefficient (Wildman–Crippen LogP) is 3.52. The second kappa shape index (κ2) is 9.65. The van der Waals surface area contributed by atoms with Gasteiger partial charge in [-0.1, -0.05) is 12.1 Å². The molecule has 1 heterocycles. The zero-order valence-corrected chi connectivity index (χ0v) is 16.8. The molecule has 30 heavy (non-hydrogen) atoms. The number of aromatic carboxylic acids is 1. The van der Waals surface area contributed by atoms with E-state index in [0.29, 0.717) is 18.8 Å². The van der Waals surface area contributed by atoms with E-state index in [0.717, 1.165) is 17.1 Å². The van der Waals surface area contributed by atoms with Gasteiger partial charge in [0.2, 0.25) is 5.43 Å². The van der Waals surface area contributed by atoms with E-state index in [1.165, 1.54) is 18.2 Å². The molecule has 7 nitrogen and oxygen atoms in total. The molecule has 0 unspecified atom stereocenters. The number of hydrogen-bond donors (Lipinski definition) is 1. The van der Waals surface area contributed by atoms with Crippen molar-refractivity contribution in [3.63, 3.8) is 0 Å². The third-order valence-electron chi connectivity index (χ3n) is 4.63. The number of carboxylic acid groups (broad SMARTS) is 1. The molecule has 2 aromatic carbocycles. The summed E-state index contributed by atoms with van der Waals surface area (Å²) in [7, 11) is 1.61. The van der Waals surface area contributed by atoms with Crippen LogP contribution < -0.4 is 19.6 Å². The van der Waals surface area contributed by atoms with Gasteiger partial charge in [0.1, 0.15) is 24.7 Å². The smallest absolute Gasteiger partial charge is 0.335 e. The van der Waals surface area contributed by atoms with E-state index in [1.54, 1.807) is 25.4 Å². The van der Waals surface area contributed by atoms with E-state index >= 15 is 0 Å². The summed E-state index contributed by atoms with van der Waals surface area (Å²) in [5, 5.41) is 8.96. The van der Waals surface area contributed by atoms with Gasteiger partial charge in [-0.15, -0.1) is 0 Å². The van der Waals surface area contributed by atoms with Crippen LogP contribution in [-0.4, -0.2) is 29.4 Å². The van der Waals surface area contributed by atoms with Gasteiger partial charge < -0.3 is 23.9 Å². The van der Waals surface area contributed by atoms with Crippen molar-refractivity contribution < 1.29 is 24.1 Å². The fraction of sp³-hybridized carbons (Fsp3) is 0.217. The van der Waals surface area contributed by atoms with Crippen LogP contribution in [0.5, 0.6) is 17.2 Å². The highest BCUT2D eigenvalue weighted by atomic mass is 16.5. The van der Waals surface area contributed by atoms with Gasteiger partial charge in [0.05, 0.1) is 24.9 Å². The number of carboxylic acids is 1. The molecular weight excluding hydrogens is 386 g/mol. The molecule has 3 aromatic rings. The topological polar surface area (TPSA) is 87.0 Å². The van der Waals surface area contributed by atoms with E-state index in [1.807, 2.05) is 35.8 Å². The Labute approximate surface area is 174 Å². The van der Waals surface area contributed by atoms with Crippen LogP contribution in [0.15, 0.2) is 65.6 Å². The van der Waals surface area contributed by atoms with E-state index in [2.05, 4.69) is 0 Å². The Balaban J connectivity index is 1.62. The van der Waals surface area contributed by atoms with E-state index < -0.39 is 5.97 Å². The van der Waals surface area contributed by atoms with Crippen molar-refractivity contribution >= 4 is 5.97 Å². The summed E-state index contributed by atoms with van der Waals surface area (Å²) in [6, 6.07) is 15.1. The Morgan fingerprint density at radius 3 is 2.27 bits per heavy atom. The third-order valence-corrected chi connectivity index (χ3v) is 4.63. The summed E-state index contributed by atoms with van der Waals surface area (Å²) in [5.41, 5.74) is 1.47. The largest absolute Gasteiger partial charge is 0.497 e. The average molecular weight is 409 g/mol. The van der Waals surface area contributed by atoms with Crippen LogP contribution >= 0.6 is 0 Å². The first-order valence-corrected chi connectivity index (χ1v) is 9.40. The molecule has 0 aliphatic carbocycles. The molecule has 0 radical (unpaired) electrons. The van der Waals surface area contributed by atoms with E-state index in [9.17, 15) is 9.59 Å². The van der Waals surface area contributed by atoms with Crippen LogP contribution in [-0.2, 0) is 13.2 Å². The number of rotatable bonds is 9. The first-order chi connectivity index (χ1) is 14.5. The second-order valence-electron chi connectivity index (χ2n) is 6.60. The molecule has 1 aromatic heterocycles. The highest BCUT2D eigenvalue weighted by Crippen LogP contribution is 2.18. The lowest BCUT2D eigenvalue weighted by molar-refractivity contribution is 0.0697. The highest BCUT2D eigenvalue weighted by molar-refractivity contribution is 5.87. The van der Waals surface area contributed by atoms with Crippen molar-refractivity contribution in [2.24, 2.45) is 0 Å². The SMILES string of the molecule is COc1ccc(OCCn2ccc(=O)c(OCc3ccc(C(=O)O)cc3)c2C)cc1. The Morgan fingerprint density at radius 1 is 0.967 bits per heavy atom. The Morgan fingerprint density at radius 2 is 1.63 bits per heavy atom. The molecule has 0 saturated heterocycles. The molecular formula is C23H23NO6. The molecule has 1 N–H and O–H groups in total. The summed E-state index contributed by atoms with van der Waals surface area (Å²) < 4.78 is 18.5. The van der Waals surface area contributed by atoms with Crippen molar-refractivity contribution in [1.29, 1.82) is 0 Å². The summed E-state index contributed by atoms with van der Waals surface area (Å²) >= 11 is 0. The lowest BCUT2D eigenvalue weighted by Crippen LogP contribution is -2.17. The van der Waals surface area contributed by atoms with E-state index in [4.69, 9.17) is 19.3 Å². The zero-order chi connectivity index (χ0) is 21.5. The van der Waals surface area contributed by atoms with Gasteiger partial charge in [-0.25, -0.2) is 4.79 Å². The molecule has 0 aliphatic rings. The van der Waals surface area contributed by atoms with Gasteiger partial charge in [0, 0.05) is 12.3 Å². The maximum Gasteiger partial charge on any atom is 0.335 e. The molecule has 3 rings (SSSR count). The molecule has 0 atom stereocenters. The summed E-state index contributed by atoms with van der Waals surface area (Å²) in [6.07, 6.45) is 1.71. The first-order valence-electron chi connectivity index (χ1n) is 9.40. The summed E-state index contributed by atoms with van der Waals surface area (Å²) in [5.74, 6) is 0.777. The zero-order valence-electron chi connectivity index (χ0n) is 16.8. The predicted molar refractivity (Wildman–Crippen MR) is 112 cm³/mol. The average Bonchev–Trinajstić information content (AvgIpc) is 2.76. The fourth-order valence-corrected chi connectivity index (χ4v) is 2.90. The van der Waals surface area contributed by atoms with Crippen LogP contribution in [0.4, 0.5) is 0 Å². The monoisotopic (exact) mass is 409 g/mol. The Bertz CT molecular complexity index is 1050. The third kappa shape index (κ3) is 5.20. The van der Waals surface area contributed by atoms with Gasteiger partial charge in [-0.3, -0.25) is 4.79 Å². The number of ether oxygens (including phenoxy) is 3. The number of pyridine rings is 1. The molecule has 0 aliphatic heterocycles. The second-order valence-corrected chi connectivity index (χ2v) is 6.60. The fourth-order valence-electron chi connectivity index (χ4n) is 2.90. The van der Waals surface area contributed by atoms with Gasteiger partial charge in [-0.05, 0) is 48.9 Å². The number of benzene rings is 2. The highest BCUT2D eigenvalue weighted by Gasteiger charge is 2.10. The lowest BCUT2D eigenvalue weighted by Gasteiger charge is -2.15. The normalized spacial score (nSPS) is 10.5. The molecule has 7 heteroatoms. The Kier molecular flexibility index (Phi) is 6.75. The van der Waals surface area contributed by atoms with Gasteiger partial charge in [0.25, 0.3) is 0 Å². The molecule has 156 valence electrons. The number of hydrogen-bond acceptors (Lipinski definition) is 5. The van der Waals surface area contributed by atoms with Crippen LogP contribution in [0.3, 0.4) is 0 Å². The minimum atomic E-state index is -0.985. The van der Waals surface area contributed by atoms with Gasteiger partial charge in [-0.2, -0.15) is 0 Å². The summed E-state index contributed by atoms with van der Waals surface area (Å²) in [6.45, 7) is 2.95. The van der Waals surface area contributed by atoms with Crippen molar-refractivity contribution in [3.8, 4) is 17.2 Å². The Hall–Kier alpha value is -3.74. The molecule has 0 amide bonds. The molecule has 0 spiro atoms. The van der Waals surface area contributed by atoms with Crippen molar-refractivity contribution in [3.05, 3.63) is 87.8 Å². The standard InChI is InChI=1S/C23H23NO6/c1-16-22(30-15-17-3-5-18(6-4-17)23(26)27)21(25)11-12-24(16)13-14-29-20-9-7-19(28-2)8-10-20/h3-12H,13-15H2,1-2H3,(H,26,27). The molecule has 0 bridgehead atoms. The quantitative estimate of drug-likeness (QED) is 0.582. The lowest BCUT2D eigenvalue weighted by atomic mass is 10.1. The number of methoxy groups -OCH3 is 1. The minimum absolute atomic E-state index is 0.169. The van der Waals surface area contributed by atoms with Crippen molar-refractivity contribution in [2.45, 2.75) is 20.1 Å². The van der Waals surface area contributed by atoms with Gasteiger partial charge in [0.15, 0.2) is 5.75 Å². The first kappa shape index (κ1) is 21.0. The van der Waals surface area contributed by atoms with Crippen LogP contribution in [0, 0.1) is 6.92 Å². The number of aromatic nitrogens is 1. The maximum atomic E-state index is 12.3.